The molecule has 0 heterocycles. The molecule has 0 amide bonds. The van der Waals surface area contributed by atoms with E-state index >= 15 is 0 Å². The highest BCUT2D eigenvalue weighted by Gasteiger charge is 2.24. The van der Waals surface area contributed by atoms with E-state index in [-0.39, 0.29) is 6.42 Å². The van der Waals surface area contributed by atoms with Crippen LogP contribution in [-0.2, 0) is 0 Å². The molecular formula is C7H8F2. The van der Waals surface area contributed by atoms with Crippen molar-refractivity contribution in [1.82, 2.24) is 0 Å². The molecule has 0 nitrogen and oxygen atoms in total. The van der Waals surface area contributed by atoms with Gasteiger partial charge in [-0.1, -0.05) is 17.7 Å². The number of halogens is 2. The summed E-state index contributed by atoms with van der Waals surface area (Å²) in [5, 5.41) is 0. The van der Waals surface area contributed by atoms with Gasteiger partial charge in [-0.2, -0.15) is 0 Å². The number of alkyl halides is 2. The second-order valence-electron chi connectivity index (χ2n) is 2.25. The number of allylic oxidation sites excluding steroid dienone is 4. The Balaban J connectivity index is 2.70. The second kappa shape index (κ2) is 1.94. The first kappa shape index (κ1) is 6.46. The first-order valence-corrected chi connectivity index (χ1v) is 2.84. The van der Waals surface area contributed by atoms with Crippen molar-refractivity contribution in [2.45, 2.75) is 19.3 Å². The lowest BCUT2D eigenvalue weighted by atomic mass is 10.1. The quantitative estimate of drug-likeness (QED) is 0.472. The molecule has 1 aliphatic rings. The lowest BCUT2D eigenvalue weighted by Gasteiger charge is -2.12. The molecule has 9 heavy (non-hydrogen) atoms. The Morgan fingerprint density at radius 3 is 2.56 bits per heavy atom. The zero-order chi connectivity index (χ0) is 6.91. The smallest absolute Gasteiger partial charge is 0.202 e. The van der Waals surface area contributed by atoms with E-state index in [4.69, 9.17) is 0 Å². The molecular weight excluding hydrogens is 122 g/mol. The van der Waals surface area contributed by atoms with E-state index in [9.17, 15) is 8.78 Å². The van der Waals surface area contributed by atoms with Gasteiger partial charge in [-0.25, -0.2) is 8.78 Å². The Morgan fingerprint density at radius 1 is 1.56 bits per heavy atom. The molecule has 0 atom stereocenters. The fraction of sp³-hybridized carbons (Fsp3) is 0.429. The summed E-state index contributed by atoms with van der Waals surface area (Å²) in [6.07, 6.45) is 3.79. The van der Waals surface area contributed by atoms with E-state index in [0.717, 1.165) is 11.6 Å². The molecule has 1 rings (SSSR count). The highest BCUT2D eigenvalue weighted by atomic mass is 19.3. The molecule has 50 valence electrons. The normalized spacial score (nSPS) is 23.7. The Kier molecular flexibility index (Phi) is 1.39. The van der Waals surface area contributed by atoms with E-state index in [1.165, 1.54) is 6.08 Å². The van der Waals surface area contributed by atoms with Gasteiger partial charge >= 0.3 is 0 Å². The van der Waals surface area contributed by atoms with Crippen LogP contribution in [0.1, 0.15) is 13.3 Å². The number of hydrogen-bond donors (Lipinski definition) is 0. The van der Waals surface area contributed by atoms with Crippen LogP contribution in [0.3, 0.4) is 0 Å². The molecule has 0 saturated heterocycles. The van der Waals surface area contributed by atoms with Crippen LogP contribution >= 0.6 is 0 Å². The summed E-state index contributed by atoms with van der Waals surface area (Å²) in [6.45, 7) is 1.81. The average Bonchev–Trinajstić information content (AvgIpc) is 1.78. The van der Waals surface area contributed by atoms with Crippen LogP contribution in [0.25, 0.3) is 0 Å². The van der Waals surface area contributed by atoms with Crippen molar-refractivity contribution in [3.8, 4) is 0 Å². The van der Waals surface area contributed by atoms with E-state index in [0.29, 0.717) is 0 Å². The summed E-state index contributed by atoms with van der Waals surface area (Å²) in [7, 11) is 0. The van der Waals surface area contributed by atoms with E-state index in [1.807, 2.05) is 6.92 Å². The molecule has 0 N–H and O–H groups in total. The maximum Gasteiger partial charge on any atom is 0.270 e. The lowest BCUT2D eigenvalue weighted by Crippen LogP contribution is -2.12. The summed E-state index contributed by atoms with van der Waals surface area (Å²) < 4.78 is 24.5. The molecule has 0 aromatic carbocycles. The van der Waals surface area contributed by atoms with Crippen molar-refractivity contribution in [1.29, 1.82) is 0 Å². The number of rotatable bonds is 0. The first-order valence-electron chi connectivity index (χ1n) is 2.84. The lowest BCUT2D eigenvalue weighted by molar-refractivity contribution is 0.0572. The minimum absolute atomic E-state index is 0.144. The van der Waals surface area contributed by atoms with Crippen molar-refractivity contribution in [3.05, 3.63) is 23.8 Å². The van der Waals surface area contributed by atoms with E-state index < -0.39 is 5.92 Å². The number of hydrogen-bond acceptors (Lipinski definition) is 0. The van der Waals surface area contributed by atoms with Gasteiger partial charge in [-0.05, 0) is 13.0 Å². The van der Waals surface area contributed by atoms with Gasteiger partial charge < -0.3 is 0 Å². The van der Waals surface area contributed by atoms with Gasteiger partial charge in [-0.15, -0.1) is 0 Å². The molecule has 0 aliphatic heterocycles. The van der Waals surface area contributed by atoms with Crippen molar-refractivity contribution < 1.29 is 8.78 Å². The van der Waals surface area contributed by atoms with Crippen LogP contribution in [0.5, 0.6) is 0 Å². The maximum absolute atomic E-state index is 12.2. The van der Waals surface area contributed by atoms with Crippen LogP contribution < -0.4 is 0 Å². The molecule has 0 aromatic rings. The fourth-order valence-electron chi connectivity index (χ4n) is 0.687. The van der Waals surface area contributed by atoms with E-state index in [1.54, 1.807) is 6.08 Å². The predicted molar refractivity (Wildman–Crippen MR) is 32.5 cm³/mol. The highest BCUT2D eigenvalue weighted by Crippen LogP contribution is 2.25. The largest absolute Gasteiger partial charge is 0.270 e. The zero-order valence-corrected chi connectivity index (χ0v) is 5.20. The third kappa shape index (κ3) is 1.63. The minimum Gasteiger partial charge on any atom is -0.202 e. The zero-order valence-electron chi connectivity index (χ0n) is 5.20. The minimum atomic E-state index is -2.60. The van der Waals surface area contributed by atoms with Crippen LogP contribution in [0.15, 0.2) is 23.8 Å². The molecule has 0 radical (unpaired) electrons. The van der Waals surface area contributed by atoms with Crippen molar-refractivity contribution >= 4 is 0 Å². The standard InChI is InChI=1S/C7H8F2/c1-6-2-4-7(8,9)5-3-6/h2-4H,5H2,1H3. The Bertz CT molecular complexity index is 166. The second-order valence-corrected chi connectivity index (χ2v) is 2.25. The predicted octanol–water partition coefficient (Wildman–Crippen LogP) is 2.53. The van der Waals surface area contributed by atoms with Gasteiger partial charge in [0.2, 0.25) is 0 Å². The Morgan fingerprint density at radius 2 is 2.22 bits per heavy atom. The van der Waals surface area contributed by atoms with Gasteiger partial charge in [-0.3, -0.25) is 0 Å². The summed E-state index contributed by atoms with van der Waals surface area (Å²) in [4.78, 5) is 0. The van der Waals surface area contributed by atoms with E-state index in [2.05, 4.69) is 0 Å². The summed E-state index contributed by atoms with van der Waals surface area (Å²) in [5.74, 6) is -2.60. The van der Waals surface area contributed by atoms with Crippen molar-refractivity contribution in [2.24, 2.45) is 0 Å². The van der Waals surface area contributed by atoms with Gasteiger partial charge in [0.05, 0.1) is 0 Å². The molecule has 0 bridgehead atoms. The van der Waals surface area contributed by atoms with Crippen molar-refractivity contribution in [3.63, 3.8) is 0 Å². The van der Waals surface area contributed by atoms with Crippen LogP contribution in [-0.4, -0.2) is 5.92 Å². The molecule has 0 aromatic heterocycles. The molecule has 1 aliphatic carbocycles. The van der Waals surface area contributed by atoms with Gasteiger partial charge in [0.25, 0.3) is 5.92 Å². The third-order valence-electron chi connectivity index (χ3n) is 1.29. The molecule has 0 fully saturated rings. The van der Waals surface area contributed by atoms with Gasteiger partial charge in [0.15, 0.2) is 0 Å². The monoisotopic (exact) mass is 130 g/mol. The van der Waals surface area contributed by atoms with Crippen LogP contribution in [0, 0.1) is 0 Å². The molecule has 0 saturated carbocycles. The maximum atomic E-state index is 12.2. The van der Waals surface area contributed by atoms with Crippen LogP contribution in [0.2, 0.25) is 0 Å². The fourth-order valence-corrected chi connectivity index (χ4v) is 0.687. The Labute approximate surface area is 52.9 Å². The molecule has 0 unspecified atom stereocenters. The van der Waals surface area contributed by atoms with Crippen molar-refractivity contribution in [2.75, 3.05) is 0 Å². The topological polar surface area (TPSA) is 0 Å². The van der Waals surface area contributed by atoms with Crippen LogP contribution in [0.4, 0.5) is 8.78 Å². The summed E-state index contributed by atoms with van der Waals surface area (Å²) >= 11 is 0. The first-order chi connectivity index (χ1) is 4.10. The van der Waals surface area contributed by atoms with Gasteiger partial charge in [0, 0.05) is 6.42 Å². The van der Waals surface area contributed by atoms with Gasteiger partial charge in [0.1, 0.15) is 0 Å². The molecule has 0 spiro atoms. The Hall–Kier alpha value is -0.660. The highest BCUT2D eigenvalue weighted by molar-refractivity contribution is 5.23. The average molecular weight is 130 g/mol. The summed E-state index contributed by atoms with van der Waals surface area (Å²) in [6, 6.07) is 0. The summed E-state index contributed by atoms with van der Waals surface area (Å²) in [5.41, 5.74) is 0.918. The third-order valence-corrected chi connectivity index (χ3v) is 1.29. The molecule has 2 heteroatoms. The SMILES string of the molecule is CC1=CCC(F)(F)C=C1.